The van der Waals surface area contributed by atoms with Gasteiger partial charge < -0.3 is 24.8 Å². The van der Waals surface area contributed by atoms with E-state index in [2.05, 4.69) is 15.7 Å². The molecule has 1 atom stereocenters. The minimum Gasteiger partial charge on any atom is -0.497 e. The van der Waals surface area contributed by atoms with Crippen LogP contribution in [0.4, 0.5) is 11.5 Å². The monoisotopic (exact) mass is 422 g/mol. The second kappa shape index (κ2) is 8.39. The number of fused-ring (bicyclic) bond motifs is 1. The second-order valence-electron chi connectivity index (χ2n) is 6.91. The first-order valence-electron chi connectivity index (χ1n) is 9.58. The molecule has 0 saturated heterocycles. The predicted molar refractivity (Wildman–Crippen MR) is 115 cm³/mol. The Morgan fingerprint density at radius 3 is 2.65 bits per heavy atom. The first-order chi connectivity index (χ1) is 15.0. The van der Waals surface area contributed by atoms with E-state index in [4.69, 9.17) is 14.2 Å². The van der Waals surface area contributed by atoms with Gasteiger partial charge in [0.05, 0.1) is 33.9 Å². The zero-order valence-corrected chi connectivity index (χ0v) is 17.3. The fourth-order valence-corrected chi connectivity index (χ4v) is 3.51. The third-order valence-corrected chi connectivity index (χ3v) is 5.06. The molecule has 0 bridgehead atoms. The lowest BCUT2D eigenvalue weighted by Crippen LogP contribution is -2.35. The minimum absolute atomic E-state index is 0.0180. The van der Waals surface area contributed by atoms with E-state index in [0.29, 0.717) is 34.3 Å². The number of carbonyl (C=O) groups is 2. The van der Waals surface area contributed by atoms with Crippen molar-refractivity contribution < 1.29 is 23.8 Å². The number of hydrogen-bond acceptors (Lipinski definition) is 6. The Morgan fingerprint density at radius 1 is 1.10 bits per heavy atom. The van der Waals surface area contributed by atoms with Crippen LogP contribution in [0, 0.1) is 0 Å². The number of nitrogens with zero attached hydrogens (tertiary/aromatic N) is 2. The van der Waals surface area contributed by atoms with Crippen LogP contribution in [0.3, 0.4) is 0 Å². The molecule has 0 spiro atoms. The molecule has 0 fully saturated rings. The Bertz CT molecular complexity index is 1140. The summed E-state index contributed by atoms with van der Waals surface area (Å²) >= 11 is 0. The molecule has 1 aliphatic rings. The fraction of sp³-hybridized carbons (Fsp3) is 0.227. The maximum Gasteiger partial charge on any atom is 0.249 e. The van der Waals surface area contributed by atoms with Crippen molar-refractivity contribution in [3.8, 4) is 28.4 Å². The van der Waals surface area contributed by atoms with Crippen molar-refractivity contribution >= 4 is 23.3 Å². The van der Waals surface area contributed by atoms with Gasteiger partial charge in [-0.1, -0.05) is 12.1 Å². The molecular formula is C22H22N4O5. The highest BCUT2D eigenvalue weighted by molar-refractivity contribution is 6.03. The molecule has 1 aliphatic heterocycles. The highest BCUT2D eigenvalue weighted by Crippen LogP contribution is 2.38. The summed E-state index contributed by atoms with van der Waals surface area (Å²) in [5.74, 6) is 1.61. The maximum absolute atomic E-state index is 13.0. The van der Waals surface area contributed by atoms with E-state index < -0.39 is 6.04 Å². The molecule has 3 aromatic rings. The van der Waals surface area contributed by atoms with Gasteiger partial charge in [0.2, 0.25) is 11.8 Å². The molecule has 2 amide bonds. The van der Waals surface area contributed by atoms with Crippen LogP contribution in [-0.4, -0.2) is 42.9 Å². The van der Waals surface area contributed by atoms with Crippen molar-refractivity contribution in [2.24, 2.45) is 0 Å². The highest BCUT2D eigenvalue weighted by atomic mass is 16.5. The van der Waals surface area contributed by atoms with Crippen molar-refractivity contribution in [3.05, 3.63) is 48.7 Å². The van der Waals surface area contributed by atoms with Crippen LogP contribution in [0.5, 0.6) is 17.2 Å². The Hall–Kier alpha value is -4.01. The largest absolute Gasteiger partial charge is 0.497 e. The Kier molecular flexibility index (Phi) is 5.48. The van der Waals surface area contributed by atoms with Gasteiger partial charge in [-0.3, -0.25) is 9.59 Å². The molecule has 0 saturated carbocycles. The van der Waals surface area contributed by atoms with E-state index >= 15 is 0 Å². The van der Waals surface area contributed by atoms with Crippen LogP contribution in [0.2, 0.25) is 0 Å². The Balaban J connectivity index is 1.66. The van der Waals surface area contributed by atoms with Gasteiger partial charge in [-0.2, -0.15) is 5.10 Å². The summed E-state index contributed by atoms with van der Waals surface area (Å²) in [7, 11) is 4.67. The van der Waals surface area contributed by atoms with Crippen molar-refractivity contribution in [1.82, 2.24) is 9.78 Å². The number of aromatic nitrogens is 2. The summed E-state index contributed by atoms with van der Waals surface area (Å²) in [5, 5.41) is 10.1. The summed E-state index contributed by atoms with van der Waals surface area (Å²) in [6, 6.07) is 11.6. The topological polar surface area (TPSA) is 104 Å². The van der Waals surface area contributed by atoms with E-state index in [-0.39, 0.29) is 18.2 Å². The number of ether oxygens (including phenoxy) is 3. The van der Waals surface area contributed by atoms with Crippen LogP contribution in [0.15, 0.2) is 48.7 Å². The van der Waals surface area contributed by atoms with Gasteiger partial charge in [0.25, 0.3) is 0 Å². The lowest BCUT2D eigenvalue weighted by atomic mass is 10.1. The van der Waals surface area contributed by atoms with Gasteiger partial charge in [0.1, 0.15) is 17.6 Å². The molecular weight excluding hydrogens is 400 g/mol. The standard InChI is InChI=1S/C22H22N4O5/c1-29-15-6-4-5-14(10-15)24-22(28)17-11-20(27)25-21-16(12-23-26(17)21)13-7-8-18(30-2)19(9-13)31-3/h4-10,12,17H,11H2,1-3H3,(H,24,28)(H,25,27). The average Bonchev–Trinajstić information content (AvgIpc) is 3.21. The van der Waals surface area contributed by atoms with E-state index in [9.17, 15) is 9.59 Å². The van der Waals surface area contributed by atoms with Gasteiger partial charge >= 0.3 is 0 Å². The molecule has 1 unspecified atom stereocenters. The lowest BCUT2D eigenvalue weighted by molar-refractivity contribution is -0.125. The smallest absolute Gasteiger partial charge is 0.249 e. The van der Waals surface area contributed by atoms with E-state index in [1.54, 1.807) is 63.9 Å². The van der Waals surface area contributed by atoms with Crippen molar-refractivity contribution in [2.45, 2.75) is 12.5 Å². The normalized spacial score (nSPS) is 14.9. The molecule has 160 valence electrons. The number of carbonyl (C=O) groups excluding carboxylic acids is 2. The number of methoxy groups -OCH3 is 3. The predicted octanol–water partition coefficient (Wildman–Crippen LogP) is 3.10. The SMILES string of the molecule is COc1cccc(NC(=O)C2CC(=O)Nc3c(-c4ccc(OC)c(OC)c4)cnn32)c1. The molecule has 2 N–H and O–H groups in total. The zero-order valence-electron chi connectivity index (χ0n) is 17.3. The third kappa shape index (κ3) is 3.89. The molecule has 2 heterocycles. The van der Waals surface area contributed by atoms with E-state index in [1.807, 2.05) is 6.07 Å². The van der Waals surface area contributed by atoms with Crippen LogP contribution in [0.25, 0.3) is 11.1 Å². The molecule has 0 aliphatic carbocycles. The summed E-state index contributed by atoms with van der Waals surface area (Å²) in [5.41, 5.74) is 2.02. The third-order valence-electron chi connectivity index (χ3n) is 5.06. The summed E-state index contributed by atoms with van der Waals surface area (Å²) in [6.45, 7) is 0. The number of nitrogens with one attached hydrogen (secondary N) is 2. The van der Waals surface area contributed by atoms with Crippen molar-refractivity contribution in [2.75, 3.05) is 32.0 Å². The van der Waals surface area contributed by atoms with Crippen LogP contribution in [0.1, 0.15) is 12.5 Å². The molecule has 4 rings (SSSR count). The van der Waals surface area contributed by atoms with Crippen LogP contribution < -0.4 is 24.8 Å². The van der Waals surface area contributed by atoms with E-state index in [0.717, 1.165) is 5.56 Å². The molecule has 9 heteroatoms. The maximum atomic E-state index is 13.0. The van der Waals surface area contributed by atoms with Gasteiger partial charge in [-0.05, 0) is 29.8 Å². The highest BCUT2D eigenvalue weighted by Gasteiger charge is 2.33. The van der Waals surface area contributed by atoms with Gasteiger partial charge in [0, 0.05) is 17.3 Å². The Labute approximate surface area is 178 Å². The van der Waals surface area contributed by atoms with Gasteiger partial charge in [-0.25, -0.2) is 4.68 Å². The molecule has 0 radical (unpaired) electrons. The van der Waals surface area contributed by atoms with E-state index in [1.165, 1.54) is 4.68 Å². The minimum atomic E-state index is -0.788. The molecule has 1 aromatic heterocycles. The van der Waals surface area contributed by atoms with Crippen molar-refractivity contribution in [1.29, 1.82) is 0 Å². The molecule has 31 heavy (non-hydrogen) atoms. The second-order valence-corrected chi connectivity index (χ2v) is 6.91. The first kappa shape index (κ1) is 20.3. The molecule has 9 nitrogen and oxygen atoms in total. The summed E-state index contributed by atoms with van der Waals surface area (Å²) in [4.78, 5) is 25.4. The Morgan fingerprint density at radius 2 is 1.90 bits per heavy atom. The number of hydrogen-bond donors (Lipinski definition) is 2. The number of benzene rings is 2. The van der Waals surface area contributed by atoms with Crippen LogP contribution >= 0.6 is 0 Å². The van der Waals surface area contributed by atoms with Crippen LogP contribution in [-0.2, 0) is 9.59 Å². The summed E-state index contributed by atoms with van der Waals surface area (Å²) < 4.78 is 17.4. The number of rotatable bonds is 6. The first-order valence-corrected chi connectivity index (χ1v) is 9.58. The fourth-order valence-electron chi connectivity index (χ4n) is 3.51. The quantitative estimate of drug-likeness (QED) is 0.633. The van der Waals surface area contributed by atoms with Gasteiger partial charge in [-0.15, -0.1) is 0 Å². The summed E-state index contributed by atoms with van der Waals surface area (Å²) in [6.07, 6.45) is 1.60. The average molecular weight is 422 g/mol. The molecule has 2 aromatic carbocycles. The zero-order chi connectivity index (χ0) is 22.0. The number of amides is 2. The van der Waals surface area contributed by atoms with Crippen molar-refractivity contribution in [3.63, 3.8) is 0 Å². The lowest BCUT2D eigenvalue weighted by Gasteiger charge is -2.24. The number of anilines is 2. The van der Waals surface area contributed by atoms with Gasteiger partial charge in [0.15, 0.2) is 11.5 Å².